The fraction of sp³-hybridized carbons (Fsp3) is 0.208. The summed E-state index contributed by atoms with van der Waals surface area (Å²) in [6, 6.07) is 16.6. The molecule has 4 N–H and O–H groups in total. The van der Waals surface area contributed by atoms with Crippen molar-refractivity contribution in [1.82, 2.24) is 30.0 Å². The number of aromatic nitrogens is 5. The largest absolute Gasteiger partial charge is 0.369 e. The van der Waals surface area contributed by atoms with E-state index in [4.69, 9.17) is 4.98 Å². The number of nitrogens with one attached hydrogen (secondary N) is 4. The van der Waals surface area contributed by atoms with Crippen molar-refractivity contribution in [3.05, 3.63) is 60.9 Å². The Morgan fingerprint density at radius 1 is 0.909 bits per heavy atom. The van der Waals surface area contributed by atoms with Crippen LogP contribution in [0.4, 0.5) is 28.8 Å². The van der Waals surface area contributed by atoms with Crippen LogP contribution in [0.25, 0.3) is 21.9 Å². The fourth-order valence-electron chi connectivity index (χ4n) is 4.26. The van der Waals surface area contributed by atoms with Crippen LogP contribution in [0.15, 0.2) is 60.9 Å². The van der Waals surface area contributed by atoms with Crippen LogP contribution in [-0.4, -0.2) is 50.9 Å². The highest BCUT2D eigenvalue weighted by molar-refractivity contribution is 5.91. The van der Waals surface area contributed by atoms with Gasteiger partial charge in [-0.05, 0) is 48.5 Å². The van der Waals surface area contributed by atoms with E-state index in [0.29, 0.717) is 5.95 Å². The molecule has 1 aliphatic heterocycles. The second-order valence-corrected chi connectivity index (χ2v) is 8.21. The molecule has 0 radical (unpaired) electrons. The van der Waals surface area contributed by atoms with Crippen molar-refractivity contribution in [2.75, 3.05) is 41.7 Å². The maximum Gasteiger partial charge on any atom is 0.231 e. The van der Waals surface area contributed by atoms with E-state index in [-0.39, 0.29) is 0 Å². The standard InChI is InChI=1S/C24H25N9/c1-32-21-14-18(3-2-16(21)15-27-32)28-23-20-8-9-26-22(20)30-24(31-23)29-17-4-6-19(7-5-17)33-12-10-25-11-13-33/h2-9,14-15,25H,10-13H2,1H3,(H3,26,28,29,30,31). The monoisotopic (exact) mass is 439 g/mol. The molecule has 5 aromatic rings. The predicted octanol–water partition coefficient (Wildman–Crippen LogP) is 3.74. The fourth-order valence-corrected chi connectivity index (χ4v) is 4.26. The summed E-state index contributed by atoms with van der Waals surface area (Å²) in [5.41, 5.74) is 4.95. The zero-order valence-electron chi connectivity index (χ0n) is 18.3. The molecule has 0 saturated carbocycles. The quantitative estimate of drug-likeness (QED) is 0.331. The molecule has 9 nitrogen and oxygen atoms in total. The van der Waals surface area contributed by atoms with Crippen LogP contribution in [0.5, 0.6) is 0 Å². The van der Waals surface area contributed by atoms with E-state index >= 15 is 0 Å². The molecule has 33 heavy (non-hydrogen) atoms. The van der Waals surface area contributed by atoms with Crippen molar-refractivity contribution in [1.29, 1.82) is 0 Å². The summed E-state index contributed by atoms with van der Waals surface area (Å²) in [4.78, 5) is 15.0. The average molecular weight is 440 g/mol. The van der Waals surface area contributed by atoms with Crippen LogP contribution < -0.4 is 20.9 Å². The summed E-state index contributed by atoms with van der Waals surface area (Å²) in [6.07, 6.45) is 3.74. The van der Waals surface area contributed by atoms with E-state index in [0.717, 1.165) is 65.3 Å². The van der Waals surface area contributed by atoms with Crippen molar-refractivity contribution in [2.24, 2.45) is 7.05 Å². The van der Waals surface area contributed by atoms with E-state index < -0.39 is 0 Å². The highest BCUT2D eigenvalue weighted by Crippen LogP contribution is 2.28. The third-order valence-electron chi connectivity index (χ3n) is 6.03. The van der Waals surface area contributed by atoms with Crippen LogP contribution in [-0.2, 0) is 7.05 Å². The van der Waals surface area contributed by atoms with Gasteiger partial charge in [0.25, 0.3) is 0 Å². The van der Waals surface area contributed by atoms with E-state index in [1.54, 1.807) is 0 Å². The number of aromatic amines is 1. The van der Waals surface area contributed by atoms with Gasteiger partial charge in [0.15, 0.2) is 0 Å². The average Bonchev–Trinajstić information content (AvgIpc) is 3.47. The summed E-state index contributed by atoms with van der Waals surface area (Å²) in [5.74, 6) is 1.27. The van der Waals surface area contributed by atoms with Crippen molar-refractivity contribution < 1.29 is 0 Å². The molecule has 0 aliphatic carbocycles. The van der Waals surface area contributed by atoms with Crippen LogP contribution in [0.3, 0.4) is 0 Å². The van der Waals surface area contributed by atoms with Gasteiger partial charge in [-0.2, -0.15) is 15.1 Å². The molecule has 4 heterocycles. The van der Waals surface area contributed by atoms with Gasteiger partial charge in [-0.25, -0.2) is 0 Å². The highest BCUT2D eigenvalue weighted by Gasteiger charge is 2.12. The van der Waals surface area contributed by atoms with Crippen molar-refractivity contribution in [2.45, 2.75) is 0 Å². The molecule has 0 amide bonds. The number of rotatable bonds is 5. The summed E-state index contributed by atoms with van der Waals surface area (Å²) in [5, 5.41) is 16.6. The van der Waals surface area contributed by atoms with Crippen molar-refractivity contribution >= 4 is 50.8 Å². The normalized spacial score (nSPS) is 14.2. The van der Waals surface area contributed by atoms with Gasteiger partial charge in [-0.3, -0.25) is 4.68 Å². The molecule has 1 aliphatic rings. The van der Waals surface area contributed by atoms with E-state index in [1.807, 2.05) is 36.3 Å². The third-order valence-corrected chi connectivity index (χ3v) is 6.03. The Balaban J connectivity index is 1.27. The van der Waals surface area contributed by atoms with Crippen LogP contribution >= 0.6 is 0 Å². The lowest BCUT2D eigenvalue weighted by Crippen LogP contribution is -2.43. The van der Waals surface area contributed by atoms with Gasteiger partial charge >= 0.3 is 0 Å². The Morgan fingerprint density at radius 2 is 1.73 bits per heavy atom. The van der Waals surface area contributed by atoms with Gasteiger partial charge in [0.05, 0.1) is 17.1 Å². The van der Waals surface area contributed by atoms with E-state index in [2.05, 4.69) is 72.3 Å². The summed E-state index contributed by atoms with van der Waals surface area (Å²) < 4.78 is 1.86. The Kier molecular flexibility index (Phi) is 4.80. The van der Waals surface area contributed by atoms with Crippen LogP contribution in [0.1, 0.15) is 0 Å². The predicted molar refractivity (Wildman–Crippen MR) is 133 cm³/mol. The molecule has 0 bridgehead atoms. The van der Waals surface area contributed by atoms with Gasteiger partial charge in [0.2, 0.25) is 5.95 Å². The molecule has 166 valence electrons. The number of nitrogens with zero attached hydrogens (tertiary/aromatic N) is 5. The summed E-state index contributed by atoms with van der Waals surface area (Å²) in [6.45, 7) is 4.10. The van der Waals surface area contributed by atoms with Gasteiger partial charge < -0.3 is 25.8 Å². The lowest BCUT2D eigenvalue weighted by atomic mass is 10.2. The van der Waals surface area contributed by atoms with Gasteiger partial charge in [0.1, 0.15) is 11.5 Å². The summed E-state index contributed by atoms with van der Waals surface area (Å²) in [7, 11) is 1.94. The summed E-state index contributed by atoms with van der Waals surface area (Å²) >= 11 is 0. The second-order valence-electron chi connectivity index (χ2n) is 8.21. The van der Waals surface area contributed by atoms with Gasteiger partial charge in [0, 0.05) is 61.9 Å². The third kappa shape index (κ3) is 3.83. The van der Waals surface area contributed by atoms with Crippen molar-refractivity contribution in [3.63, 3.8) is 0 Å². The Hall–Kier alpha value is -4.11. The minimum Gasteiger partial charge on any atom is -0.369 e. The maximum atomic E-state index is 4.77. The smallest absolute Gasteiger partial charge is 0.231 e. The first-order chi connectivity index (χ1) is 16.2. The molecule has 6 rings (SSSR count). The molecular weight excluding hydrogens is 414 g/mol. The van der Waals surface area contributed by atoms with Gasteiger partial charge in [-0.15, -0.1) is 0 Å². The molecule has 2 aromatic carbocycles. The molecule has 3 aromatic heterocycles. The van der Waals surface area contributed by atoms with Crippen LogP contribution in [0, 0.1) is 0 Å². The Bertz CT molecular complexity index is 1410. The number of fused-ring (bicyclic) bond motifs is 2. The number of H-pyrrole nitrogens is 1. The Morgan fingerprint density at radius 3 is 2.58 bits per heavy atom. The first kappa shape index (κ1) is 19.6. The van der Waals surface area contributed by atoms with Crippen LogP contribution in [0.2, 0.25) is 0 Å². The molecular formula is C24H25N9. The van der Waals surface area contributed by atoms with Crippen molar-refractivity contribution in [3.8, 4) is 0 Å². The Labute approximate surface area is 190 Å². The zero-order chi connectivity index (χ0) is 22.2. The highest BCUT2D eigenvalue weighted by atomic mass is 15.2. The molecule has 0 atom stereocenters. The molecule has 9 heteroatoms. The first-order valence-electron chi connectivity index (χ1n) is 11.1. The van der Waals surface area contributed by atoms with E-state index in [9.17, 15) is 0 Å². The van der Waals surface area contributed by atoms with Gasteiger partial charge in [-0.1, -0.05) is 0 Å². The number of anilines is 5. The molecule has 0 unspecified atom stereocenters. The first-order valence-corrected chi connectivity index (χ1v) is 11.1. The molecule has 1 saturated heterocycles. The second kappa shape index (κ2) is 8.10. The zero-order valence-corrected chi connectivity index (χ0v) is 18.3. The number of aryl methyl sites for hydroxylation is 1. The number of benzene rings is 2. The molecule has 0 spiro atoms. The number of hydrogen-bond donors (Lipinski definition) is 4. The number of piperazine rings is 1. The number of hydrogen-bond acceptors (Lipinski definition) is 7. The topological polar surface area (TPSA) is 98.7 Å². The lowest BCUT2D eigenvalue weighted by Gasteiger charge is -2.29. The minimum absolute atomic E-state index is 0.531. The van der Waals surface area contributed by atoms with E-state index in [1.165, 1.54) is 5.69 Å². The molecule has 1 fully saturated rings. The SMILES string of the molecule is Cn1ncc2ccc(Nc3nc(Nc4ccc(N5CCNCC5)cc4)nc4[nH]ccc34)cc21. The maximum absolute atomic E-state index is 4.77. The lowest BCUT2D eigenvalue weighted by molar-refractivity contribution is 0.589. The minimum atomic E-state index is 0.531.